The van der Waals surface area contributed by atoms with Crippen LogP contribution in [-0.2, 0) is 0 Å². The Balaban J connectivity index is 1.15. The van der Waals surface area contributed by atoms with E-state index in [4.69, 9.17) is 0 Å². The second-order valence-corrected chi connectivity index (χ2v) is 8.59. The first-order chi connectivity index (χ1) is 15.5. The standard InChI is InChI=1S/C25H29FN4O2/c1-17-5-6-20(26)15-21(17)25(32)30-12-8-18(9-13-30)4-2-3-10-28-24(31)23-14-19-16-27-11-7-22(19)29-23/h5-7,11,14-16,18,29H,2-4,8-10,12-13H2,1H3,(H,28,31). The van der Waals surface area contributed by atoms with Gasteiger partial charge in [-0.3, -0.25) is 14.6 Å². The van der Waals surface area contributed by atoms with Gasteiger partial charge in [-0.15, -0.1) is 0 Å². The zero-order valence-electron chi connectivity index (χ0n) is 18.4. The number of likely N-dealkylation sites (tertiary alicyclic amines) is 1. The van der Waals surface area contributed by atoms with Crippen molar-refractivity contribution < 1.29 is 14.0 Å². The van der Waals surface area contributed by atoms with Gasteiger partial charge in [0.15, 0.2) is 0 Å². The molecule has 1 aliphatic heterocycles. The van der Waals surface area contributed by atoms with Crippen molar-refractivity contribution in [3.05, 3.63) is 65.4 Å². The van der Waals surface area contributed by atoms with Gasteiger partial charge in [-0.25, -0.2) is 4.39 Å². The molecule has 32 heavy (non-hydrogen) atoms. The molecule has 1 aliphatic rings. The summed E-state index contributed by atoms with van der Waals surface area (Å²) in [6.45, 7) is 3.91. The number of hydrogen-bond donors (Lipinski definition) is 2. The van der Waals surface area contributed by atoms with E-state index in [1.54, 1.807) is 18.5 Å². The lowest BCUT2D eigenvalue weighted by Crippen LogP contribution is -2.38. The summed E-state index contributed by atoms with van der Waals surface area (Å²) < 4.78 is 13.5. The molecule has 6 nitrogen and oxygen atoms in total. The van der Waals surface area contributed by atoms with E-state index in [2.05, 4.69) is 15.3 Å². The maximum Gasteiger partial charge on any atom is 0.267 e. The quantitative estimate of drug-likeness (QED) is 0.537. The summed E-state index contributed by atoms with van der Waals surface area (Å²) in [5.74, 6) is 0.0450. The molecule has 0 bridgehead atoms. The predicted molar refractivity (Wildman–Crippen MR) is 122 cm³/mol. The molecule has 168 valence electrons. The minimum absolute atomic E-state index is 0.0732. The van der Waals surface area contributed by atoms with Gasteiger partial charge in [0.2, 0.25) is 0 Å². The molecule has 7 heteroatoms. The number of halogens is 1. The van der Waals surface area contributed by atoms with Crippen molar-refractivity contribution in [1.29, 1.82) is 0 Å². The zero-order valence-corrected chi connectivity index (χ0v) is 18.4. The van der Waals surface area contributed by atoms with Crippen LogP contribution in [0.1, 0.15) is 58.5 Å². The maximum atomic E-state index is 13.5. The monoisotopic (exact) mass is 436 g/mol. The summed E-state index contributed by atoms with van der Waals surface area (Å²) in [7, 11) is 0. The number of hydrogen-bond acceptors (Lipinski definition) is 3. The van der Waals surface area contributed by atoms with Gasteiger partial charge in [0.05, 0.1) is 0 Å². The molecule has 0 spiro atoms. The first-order valence-electron chi connectivity index (χ1n) is 11.3. The first-order valence-corrected chi connectivity index (χ1v) is 11.3. The lowest BCUT2D eigenvalue weighted by atomic mass is 9.91. The Bertz CT molecular complexity index is 1070. The minimum Gasteiger partial charge on any atom is -0.351 e. The number of nitrogens with one attached hydrogen (secondary N) is 2. The van der Waals surface area contributed by atoms with Gasteiger partial charge in [-0.2, -0.15) is 0 Å². The Labute approximate surface area is 187 Å². The summed E-state index contributed by atoms with van der Waals surface area (Å²) in [6.07, 6.45) is 8.43. The van der Waals surface area contributed by atoms with Gasteiger partial charge >= 0.3 is 0 Å². The number of fused-ring (bicyclic) bond motifs is 1. The number of carbonyl (C=O) groups is 2. The van der Waals surface area contributed by atoms with E-state index in [0.717, 1.165) is 48.6 Å². The van der Waals surface area contributed by atoms with Crippen LogP contribution in [0.15, 0.2) is 42.7 Å². The molecule has 1 fully saturated rings. The van der Waals surface area contributed by atoms with Crippen LogP contribution in [-0.4, -0.2) is 46.3 Å². The summed E-state index contributed by atoms with van der Waals surface area (Å²) in [5, 5.41) is 3.90. The molecular formula is C25H29FN4O2. The van der Waals surface area contributed by atoms with Crippen molar-refractivity contribution in [2.24, 2.45) is 5.92 Å². The largest absolute Gasteiger partial charge is 0.351 e. The second kappa shape index (κ2) is 9.94. The van der Waals surface area contributed by atoms with Crippen molar-refractivity contribution in [2.45, 2.75) is 39.0 Å². The molecule has 2 aromatic heterocycles. The Hall–Kier alpha value is -3.22. The number of aromatic amines is 1. The van der Waals surface area contributed by atoms with Gasteiger partial charge in [-0.05, 0) is 61.9 Å². The van der Waals surface area contributed by atoms with E-state index < -0.39 is 0 Å². The topological polar surface area (TPSA) is 78.1 Å². The van der Waals surface area contributed by atoms with Crippen molar-refractivity contribution in [2.75, 3.05) is 19.6 Å². The van der Waals surface area contributed by atoms with Crippen molar-refractivity contribution >= 4 is 22.7 Å². The molecule has 2 N–H and O–H groups in total. The molecule has 3 aromatic rings. The van der Waals surface area contributed by atoms with Crippen molar-refractivity contribution in [3.63, 3.8) is 0 Å². The SMILES string of the molecule is Cc1ccc(F)cc1C(=O)N1CCC(CCCCNC(=O)c2cc3cnccc3[nH]2)CC1. The van der Waals surface area contributed by atoms with Gasteiger partial charge in [0, 0.05) is 48.5 Å². The normalized spacial score (nSPS) is 14.6. The molecular weight excluding hydrogens is 407 g/mol. The number of piperidine rings is 1. The highest BCUT2D eigenvalue weighted by molar-refractivity contribution is 5.97. The number of benzene rings is 1. The summed E-state index contributed by atoms with van der Waals surface area (Å²) in [6, 6.07) is 8.05. The molecule has 1 aromatic carbocycles. The van der Waals surface area contributed by atoms with Gasteiger partial charge in [0.1, 0.15) is 11.5 Å². The van der Waals surface area contributed by atoms with Crippen LogP contribution in [0.4, 0.5) is 4.39 Å². The van der Waals surface area contributed by atoms with E-state index in [1.807, 2.05) is 24.0 Å². The molecule has 2 amide bonds. The maximum absolute atomic E-state index is 13.5. The number of H-pyrrole nitrogens is 1. The molecule has 0 unspecified atom stereocenters. The van der Waals surface area contributed by atoms with Crippen molar-refractivity contribution in [3.8, 4) is 0 Å². The molecule has 0 aliphatic carbocycles. The number of rotatable bonds is 7. The minimum atomic E-state index is -0.373. The number of pyridine rings is 1. The number of carbonyl (C=O) groups excluding carboxylic acids is 2. The lowest BCUT2D eigenvalue weighted by molar-refractivity contribution is 0.0684. The Kier molecular flexibility index (Phi) is 6.83. The third-order valence-corrected chi connectivity index (χ3v) is 6.32. The molecule has 4 rings (SSSR count). The van der Waals surface area contributed by atoms with E-state index in [0.29, 0.717) is 36.8 Å². The van der Waals surface area contributed by atoms with Gasteiger partial charge in [-0.1, -0.05) is 18.9 Å². The molecule has 0 atom stereocenters. The number of nitrogens with zero attached hydrogens (tertiary/aromatic N) is 2. The number of aryl methyl sites for hydroxylation is 1. The predicted octanol–water partition coefficient (Wildman–Crippen LogP) is 4.46. The highest BCUT2D eigenvalue weighted by atomic mass is 19.1. The Morgan fingerprint density at radius 2 is 2.00 bits per heavy atom. The first kappa shape index (κ1) is 22.0. The fourth-order valence-electron chi connectivity index (χ4n) is 4.37. The average molecular weight is 437 g/mol. The van der Waals surface area contributed by atoms with Crippen molar-refractivity contribution in [1.82, 2.24) is 20.2 Å². The summed E-state index contributed by atoms with van der Waals surface area (Å²) in [5.41, 5.74) is 2.73. The van der Waals surface area contributed by atoms with Crippen LogP contribution in [0.5, 0.6) is 0 Å². The van der Waals surface area contributed by atoms with E-state index >= 15 is 0 Å². The third kappa shape index (κ3) is 5.15. The van der Waals surface area contributed by atoms with Crippen LogP contribution in [0.25, 0.3) is 10.9 Å². The van der Waals surface area contributed by atoms with E-state index in [-0.39, 0.29) is 17.6 Å². The molecule has 1 saturated heterocycles. The highest BCUT2D eigenvalue weighted by Gasteiger charge is 2.24. The third-order valence-electron chi connectivity index (χ3n) is 6.32. The molecule has 0 saturated carbocycles. The van der Waals surface area contributed by atoms with Crippen LogP contribution in [0.3, 0.4) is 0 Å². The number of aromatic nitrogens is 2. The average Bonchev–Trinajstić information content (AvgIpc) is 3.25. The fraction of sp³-hybridized carbons (Fsp3) is 0.400. The number of unbranched alkanes of at least 4 members (excludes halogenated alkanes) is 1. The van der Waals surface area contributed by atoms with Crippen LogP contribution in [0.2, 0.25) is 0 Å². The van der Waals surface area contributed by atoms with E-state index in [9.17, 15) is 14.0 Å². The highest BCUT2D eigenvalue weighted by Crippen LogP contribution is 2.24. The van der Waals surface area contributed by atoms with Gasteiger partial charge in [0.25, 0.3) is 11.8 Å². The smallest absolute Gasteiger partial charge is 0.267 e. The summed E-state index contributed by atoms with van der Waals surface area (Å²) in [4.78, 5) is 34.1. The number of amides is 2. The second-order valence-electron chi connectivity index (χ2n) is 8.59. The van der Waals surface area contributed by atoms with Gasteiger partial charge < -0.3 is 15.2 Å². The molecule has 3 heterocycles. The van der Waals surface area contributed by atoms with E-state index in [1.165, 1.54) is 12.1 Å². The van der Waals surface area contributed by atoms with Crippen LogP contribution in [0, 0.1) is 18.7 Å². The fourth-order valence-corrected chi connectivity index (χ4v) is 4.37. The van der Waals surface area contributed by atoms with Crippen LogP contribution >= 0.6 is 0 Å². The Morgan fingerprint density at radius 1 is 1.19 bits per heavy atom. The zero-order chi connectivity index (χ0) is 22.5. The van der Waals surface area contributed by atoms with Crippen LogP contribution < -0.4 is 5.32 Å². The molecule has 0 radical (unpaired) electrons. The Morgan fingerprint density at radius 3 is 2.78 bits per heavy atom. The summed E-state index contributed by atoms with van der Waals surface area (Å²) >= 11 is 0. The lowest BCUT2D eigenvalue weighted by Gasteiger charge is -2.32.